The molecule has 2 N–H and O–H groups in total. The predicted octanol–water partition coefficient (Wildman–Crippen LogP) is 0.933. The van der Waals surface area contributed by atoms with Gasteiger partial charge in [-0.25, -0.2) is 5.43 Å². The van der Waals surface area contributed by atoms with Crippen molar-refractivity contribution in [3.05, 3.63) is 29.3 Å². The van der Waals surface area contributed by atoms with Gasteiger partial charge in [-0.2, -0.15) is 0 Å². The zero-order valence-corrected chi connectivity index (χ0v) is 9.26. The van der Waals surface area contributed by atoms with Gasteiger partial charge in [-0.3, -0.25) is 10.2 Å². The number of carbonyl (C=O) groups is 1. The highest BCUT2D eigenvalue weighted by Crippen LogP contribution is 2.15. The van der Waals surface area contributed by atoms with E-state index in [2.05, 4.69) is 10.9 Å². The average Bonchev–Trinajstić information content (AvgIpc) is 2.20. The third-order valence-electron chi connectivity index (χ3n) is 2.11. The second-order valence-corrected chi connectivity index (χ2v) is 3.33. The number of aryl methyl sites for hydroxylation is 2. The highest BCUT2D eigenvalue weighted by molar-refractivity contribution is 5.76. The van der Waals surface area contributed by atoms with Crippen LogP contribution in [0, 0.1) is 13.8 Å². The Hall–Kier alpha value is -1.55. The van der Waals surface area contributed by atoms with Crippen molar-refractivity contribution < 1.29 is 9.53 Å². The van der Waals surface area contributed by atoms with Gasteiger partial charge in [0.15, 0.2) is 6.61 Å². The number of hydrogen-bond acceptors (Lipinski definition) is 3. The molecule has 0 fully saturated rings. The van der Waals surface area contributed by atoms with Crippen molar-refractivity contribution in [3.63, 3.8) is 0 Å². The maximum atomic E-state index is 11.1. The van der Waals surface area contributed by atoms with Gasteiger partial charge < -0.3 is 4.74 Å². The molecule has 0 saturated heterocycles. The summed E-state index contributed by atoms with van der Waals surface area (Å²) in [6.07, 6.45) is 0. The lowest BCUT2D eigenvalue weighted by Crippen LogP contribution is -2.37. The average molecular weight is 208 g/mol. The fraction of sp³-hybridized carbons (Fsp3) is 0.364. The van der Waals surface area contributed by atoms with Gasteiger partial charge in [0, 0.05) is 7.05 Å². The van der Waals surface area contributed by atoms with Crippen molar-refractivity contribution in [1.82, 2.24) is 10.9 Å². The summed E-state index contributed by atoms with van der Waals surface area (Å²) in [5.41, 5.74) is 7.34. The Bertz CT molecular complexity index is 350. The van der Waals surface area contributed by atoms with Crippen LogP contribution in [0.1, 0.15) is 11.1 Å². The second-order valence-electron chi connectivity index (χ2n) is 3.33. The zero-order chi connectivity index (χ0) is 11.3. The van der Waals surface area contributed by atoms with Crippen LogP contribution in [0.3, 0.4) is 0 Å². The van der Waals surface area contributed by atoms with E-state index in [1.165, 1.54) is 5.56 Å². The van der Waals surface area contributed by atoms with Crippen molar-refractivity contribution in [1.29, 1.82) is 0 Å². The molecule has 0 atom stereocenters. The number of ether oxygens (including phenoxy) is 1. The van der Waals surface area contributed by atoms with Crippen LogP contribution < -0.4 is 15.6 Å². The van der Waals surface area contributed by atoms with Gasteiger partial charge in [-0.05, 0) is 37.1 Å². The molecule has 4 heteroatoms. The molecular formula is C11H16N2O2. The molecule has 0 radical (unpaired) electrons. The molecule has 0 aliphatic heterocycles. The van der Waals surface area contributed by atoms with E-state index in [1.54, 1.807) is 7.05 Å². The molecule has 0 aliphatic rings. The van der Waals surface area contributed by atoms with E-state index in [0.717, 1.165) is 5.56 Å². The molecule has 0 bridgehead atoms. The number of hydrogen-bond donors (Lipinski definition) is 2. The van der Waals surface area contributed by atoms with Crippen LogP contribution in [-0.2, 0) is 4.79 Å². The Morgan fingerprint density at radius 2 is 2.07 bits per heavy atom. The Morgan fingerprint density at radius 3 is 2.67 bits per heavy atom. The Kier molecular flexibility index (Phi) is 4.12. The Labute approximate surface area is 89.6 Å². The second kappa shape index (κ2) is 5.36. The topological polar surface area (TPSA) is 50.4 Å². The quantitative estimate of drug-likeness (QED) is 0.724. The molecule has 1 aromatic rings. The summed E-state index contributed by atoms with van der Waals surface area (Å²) < 4.78 is 5.30. The van der Waals surface area contributed by atoms with Crippen molar-refractivity contribution in [2.75, 3.05) is 13.7 Å². The van der Waals surface area contributed by atoms with Crippen molar-refractivity contribution in [2.45, 2.75) is 13.8 Å². The monoisotopic (exact) mass is 208 g/mol. The van der Waals surface area contributed by atoms with E-state index in [9.17, 15) is 4.79 Å². The molecule has 4 nitrogen and oxygen atoms in total. The first-order valence-corrected chi connectivity index (χ1v) is 4.79. The van der Waals surface area contributed by atoms with Gasteiger partial charge >= 0.3 is 0 Å². The fourth-order valence-corrected chi connectivity index (χ4v) is 1.13. The zero-order valence-electron chi connectivity index (χ0n) is 9.26. The molecule has 0 spiro atoms. The van der Waals surface area contributed by atoms with Crippen LogP contribution in [-0.4, -0.2) is 19.6 Å². The summed E-state index contributed by atoms with van der Waals surface area (Å²) in [6, 6.07) is 5.75. The van der Waals surface area contributed by atoms with Gasteiger partial charge in [0.2, 0.25) is 0 Å². The molecule has 0 saturated carbocycles. The first kappa shape index (κ1) is 11.5. The highest BCUT2D eigenvalue weighted by Gasteiger charge is 2.01. The minimum absolute atomic E-state index is 0.0172. The molecule has 15 heavy (non-hydrogen) atoms. The first-order valence-electron chi connectivity index (χ1n) is 4.79. The summed E-state index contributed by atoms with van der Waals surface area (Å²) in [4.78, 5) is 11.1. The molecule has 82 valence electrons. The fourth-order valence-electron chi connectivity index (χ4n) is 1.13. The molecule has 0 heterocycles. The normalized spacial score (nSPS) is 9.80. The lowest BCUT2D eigenvalue weighted by Gasteiger charge is -2.08. The lowest BCUT2D eigenvalue weighted by atomic mass is 10.1. The molecule has 0 aromatic heterocycles. The number of hydrazine groups is 1. The van der Waals surface area contributed by atoms with Crippen LogP contribution in [0.25, 0.3) is 0 Å². The van der Waals surface area contributed by atoms with Gasteiger partial charge in [0.25, 0.3) is 5.91 Å². The Morgan fingerprint density at radius 1 is 1.33 bits per heavy atom. The summed E-state index contributed by atoms with van der Waals surface area (Å²) in [7, 11) is 1.63. The van der Waals surface area contributed by atoms with Crippen LogP contribution >= 0.6 is 0 Å². The summed E-state index contributed by atoms with van der Waals surface area (Å²) in [5, 5.41) is 0. The first-order chi connectivity index (χ1) is 7.13. The van der Waals surface area contributed by atoms with Crippen LogP contribution in [0.4, 0.5) is 0 Å². The van der Waals surface area contributed by atoms with Gasteiger partial charge in [-0.1, -0.05) is 6.07 Å². The third-order valence-corrected chi connectivity index (χ3v) is 2.11. The van der Waals surface area contributed by atoms with Crippen molar-refractivity contribution in [3.8, 4) is 5.75 Å². The lowest BCUT2D eigenvalue weighted by molar-refractivity contribution is -0.123. The summed E-state index contributed by atoms with van der Waals surface area (Å²) in [5.74, 6) is 0.514. The van der Waals surface area contributed by atoms with Gasteiger partial charge in [0.05, 0.1) is 0 Å². The molecule has 0 unspecified atom stereocenters. The number of benzene rings is 1. The largest absolute Gasteiger partial charge is 0.484 e. The maximum Gasteiger partial charge on any atom is 0.271 e. The van der Waals surface area contributed by atoms with Crippen LogP contribution in [0.5, 0.6) is 5.75 Å². The molecular weight excluding hydrogens is 192 g/mol. The van der Waals surface area contributed by atoms with Crippen LogP contribution in [0.15, 0.2) is 18.2 Å². The van der Waals surface area contributed by atoms with Crippen molar-refractivity contribution >= 4 is 5.91 Å². The standard InChI is InChI=1S/C11H16N2O2/c1-8-4-5-10(6-9(8)2)15-7-11(14)13-12-3/h4-6,12H,7H2,1-3H3,(H,13,14). The molecule has 0 aliphatic carbocycles. The van der Waals surface area contributed by atoms with E-state index in [-0.39, 0.29) is 12.5 Å². The molecule has 1 aromatic carbocycles. The smallest absolute Gasteiger partial charge is 0.271 e. The number of rotatable bonds is 4. The van der Waals surface area contributed by atoms with Crippen molar-refractivity contribution in [2.24, 2.45) is 0 Å². The highest BCUT2D eigenvalue weighted by atomic mass is 16.5. The summed E-state index contributed by atoms with van der Waals surface area (Å²) in [6.45, 7) is 4.06. The van der Waals surface area contributed by atoms with E-state index >= 15 is 0 Å². The molecule has 1 rings (SSSR count). The van der Waals surface area contributed by atoms with E-state index in [1.807, 2.05) is 32.0 Å². The van der Waals surface area contributed by atoms with E-state index in [0.29, 0.717) is 5.75 Å². The maximum absolute atomic E-state index is 11.1. The van der Waals surface area contributed by atoms with Crippen LogP contribution in [0.2, 0.25) is 0 Å². The molecule has 1 amide bonds. The van der Waals surface area contributed by atoms with E-state index in [4.69, 9.17) is 4.74 Å². The van der Waals surface area contributed by atoms with Gasteiger partial charge in [-0.15, -0.1) is 0 Å². The SMILES string of the molecule is CNNC(=O)COc1ccc(C)c(C)c1. The third kappa shape index (κ3) is 3.59. The number of carbonyl (C=O) groups excluding carboxylic acids is 1. The summed E-state index contributed by atoms with van der Waals surface area (Å²) >= 11 is 0. The minimum Gasteiger partial charge on any atom is -0.484 e. The minimum atomic E-state index is -0.198. The number of amides is 1. The van der Waals surface area contributed by atoms with Gasteiger partial charge in [0.1, 0.15) is 5.75 Å². The Balaban J connectivity index is 2.51. The van der Waals surface area contributed by atoms with E-state index < -0.39 is 0 Å². The predicted molar refractivity (Wildman–Crippen MR) is 58.6 cm³/mol. The number of nitrogens with one attached hydrogen (secondary N) is 2.